The number of hydrogen-bond acceptors (Lipinski definition) is 6. The van der Waals surface area contributed by atoms with Crippen molar-refractivity contribution in [1.82, 2.24) is 15.0 Å². The van der Waals surface area contributed by atoms with E-state index in [9.17, 15) is 0 Å². The van der Waals surface area contributed by atoms with Gasteiger partial charge in [-0.3, -0.25) is 4.98 Å². The molecule has 0 radical (unpaired) electrons. The Hall–Kier alpha value is -2.05. The Bertz CT molecular complexity index is 878. The fraction of sp³-hybridized carbons (Fsp3) is 0.421. The van der Waals surface area contributed by atoms with Gasteiger partial charge in [-0.1, -0.05) is 6.92 Å². The Kier molecular flexibility index (Phi) is 4.63. The van der Waals surface area contributed by atoms with Gasteiger partial charge >= 0.3 is 0 Å². The molecule has 1 atom stereocenters. The second kappa shape index (κ2) is 7.06. The fourth-order valence-corrected chi connectivity index (χ4v) is 4.75. The highest BCUT2D eigenvalue weighted by Crippen LogP contribution is 2.40. The van der Waals surface area contributed by atoms with E-state index < -0.39 is 0 Å². The first kappa shape index (κ1) is 16.4. The second-order valence-corrected chi connectivity index (χ2v) is 7.67. The molecular weight excluding hydrogens is 332 g/mol. The van der Waals surface area contributed by atoms with E-state index in [2.05, 4.69) is 17.2 Å². The number of methoxy groups -OCH3 is 1. The Labute approximate surface area is 151 Å². The highest BCUT2D eigenvalue weighted by Gasteiger charge is 2.24. The smallest absolute Gasteiger partial charge is 0.164 e. The van der Waals surface area contributed by atoms with Crippen molar-refractivity contribution < 1.29 is 4.74 Å². The number of anilines is 1. The van der Waals surface area contributed by atoms with Gasteiger partial charge in [0.15, 0.2) is 5.82 Å². The van der Waals surface area contributed by atoms with E-state index in [1.807, 2.05) is 29.7 Å². The number of thiophene rings is 1. The number of aryl methyl sites for hydroxylation is 1. The molecule has 0 aromatic carbocycles. The first-order valence-corrected chi connectivity index (χ1v) is 9.53. The summed E-state index contributed by atoms with van der Waals surface area (Å²) < 4.78 is 5.19. The minimum absolute atomic E-state index is 0.650. The molecule has 0 amide bonds. The van der Waals surface area contributed by atoms with Gasteiger partial charge in [-0.25, -0.2) is 9.97 Å². The van der Waals surface area contributed by atoms with Crippen molar-refractivity contribution in [3.05, 3.63) is 35.0 Å². The molecule has 0 saturated carbocycles. The largest absolute Gasteiger partial charge is 0.383 e. The standard InChI is InChI=1S/C19H22N4OS/c1-12-5-6-14-15(10-12)25-19-16(14)18(21-8-9-24-2)22-17(23-19)13-4-3-7-20-11-13/h3-4,7,11-12H,5-6,8-10H2,1-2H3,(H,21,22,23)/t12-/m0/s1. The van der Waals surface area contributed by atoms with Crippen LogP contribution in [0.5, 0.6) is 0 Å². The minimum atomic E-state index is 0.650. The summed E-state index contributed by atoms with van der Waals surface area (Å²) in [7, 11) is 1.71. The van der Waals surface area contributed by atoms with Crippen LogP contribution in [-0.2, 0) is 17.6 Å². The van der Waals surface area contributed by atoms with Gasteiger partial charge in [0.05, 0.1) is 12.0 Å². The van der Waals surface area contributed by atoms with Crippen LogP contribution in [-0.4, -0.2) is 35.2 Å². The van der Waals surface area contributed by atoms with Gasteiger partial charge in [-0.2, -0.15) is 0 Å². The van der Waals surface area contributed by atoms with Crippen LogP contribution in [0.2, 0.25) is 0 Å². The number of pyridine rings is 1. The van der Waals surface area contributed by atoms with Gasteiger partial charge in [0, 0.05) is 36.5 Å². The first-order valence-electron chi connectivity index (χ1n) is 8.71. The third-order valence-corrected chi connectivity index (χ3v) is 5.82. The summed E-state index contributed by atoms with van der Waals surface area (Å²) in [6.07, 6.45) is 7.09. The minimum Gasteiger partial charge on any atom is -0.383 e. The van der Waals surface area contributed by atoms with Crippen molar-refractivity contribution in [2.75, 3.05) is 25.6 Å². The first-order chi connectivity index (χ1) is 12.3. The van der Waals surface area contributed by atoms with Crippen molar-refractivity contribution >= 4 is 27.4 Å². The molecule has 0 fully saturated rings. The predicted molar refractivity (Wildman–Crippen MR) is 102 cm³/mol. The summed E-state index contributed by atoms with van der Waals surface area (Å²) in [5.74, 6) is 2.40. The summed E-state index contributed by atoms with van der Waals surface area (Å²) in [6, 6.07) is 3.92. The molecule has 25 heavy (non-hydrogen) atoms. The fourth-order valence-electron chi connectivity index (χ4n) is 3.37. The highest BCUT2D eigenvalue weighted by atomic mass is 32.1. The number of fused-ring (bicyclic) bond motifs is 3. The van der Waals surface area contributed by atoms with E-state index in [1.54, 1.807) is 13.3 Å². The monoisotopic (exact) mass is 354 g/mol. The van der Waals surface area contributed by atoms with Crippen molar-refractivity contribution in [3.63, 3.8) is 0 Å². The Morgan fingerprint density at radius 2 is 2.28 bits per heavy atom. The van der Waals surface area contributed by atoms with Gasteiger partial charge in [0.2, 0.25) is 0 Å². The van der Waals surface area contributed by atoms with Gasteiger partial charge in [0.25, 0.3) is 0 Å². The van der Waals surface area contributed by atoms with Crippen LogP contribution >= 0.6 is 11.3 Å². The zero-order chi connectivity index (χ0) is 17.2. The lowest BCUT2D eigenvalue weighted by Crippen LogP contribution is -2.12. The highest BCUT2D eigenvalue weighted by molar-refractivity contribution is 7.19. The molecule has 4 rings (SSSR count). The van der Waals surface area contributed by atoms with Gasteiger partial charge in [0.1, 0.15) is 10.6 Å². The normalized spacial score (nSPS) is 16.8. The number of nitrogens with zero attached hydrogens (tertiary/aromatic N) is 3. The summed E-state index contributed by atoms with van der Waals surface area (Å²) in [5.41, 5.74) is 2.38. The van der Waals surface area contributed by atoms with E-state index in [-0.39, 0.29) is 0 Å². The molecule has 0 spiro atoms. The number of nitrogens with one attached hydrogen (secondary N) is 1. The predicted octanol–water partition coefficient (Wildman–Crippen LogP) is 3.94. The van der Waals surface area contributed by atoms with Crippen LogP contribution in [0, 0.1) is 5.92 Å². The third-order valence-electron chi connectivity index (χ3n) is 4.67. The Morgan fingerprint density at radius 1 is 1.36 bits per heavy atom. The second-order valence-electron chi connectivity index (χ2n) is 6.59. The SMILES string of the molecule is COCCNc1nc(-c2cccnc2)nc2sc3c(c12)CC[C@H](C)C3. The van der Waals surface area contributed by atoms with Gasteiger partial charge in [-0.05, 0) is 42.9 Å². The lowest BCUT2D eigenvalue weighted by Gasteiger charge is -2.18. The van der Waals surface area contributed by atoms with E-state index in [0.29, 0.717) is 6.61 Å². The summed E-state index contributed by atoms with van der Waals surface area (Å²) >= 11 is 1.82. The molecule has 5 nitrogen and oxygen atoms in total. The molecule has 3 aromatic rings. The maximum atomic E-state index is 5.19. The van der Waals surface area contributed by atoms with Crippen molar-refractivity contribution in [2.45, 2.75) is 26.2 Å². The molecule has 0 saturated heterocycles. The average Bonchev–Trinajstić information content (AvgIpc) is 3.00. The van der Waals surface area contributed by atoms with Crippen LogP contribution in [0.1, 0.15) is 23.8 Å². The molecule has 0 bridgehead atoms. The van der Waals surface area contributed by atoms with Crippen LogP contribution in [0.15, 0.2) is 24.5 Å². The quantitative estimate of drug-likeness (QED) is 0.703. The maximum absolute atomic E-state index is 5.19. The van der Waals surface area contributed by atoms with E-state index in [1.165, 1.54) is 22.2 Å². The van der Waals surface area contributed by atoms with Crippen molar-refractivity contribution in [1.29, 1.82) is 0 Å². The number of hydrogen-bond donors (Lipinski definition) is 1. The maximum Gasteiger partial charge on any atom is 0.164 e. The molecular formula is C19H22N4OS. The van der Waals surface area contributed by atoms with Crippen molar-refractivity contribution in [3.8, 4) is 11.4 Å². The van der Waals surface area contributed by atoms with Crippen LogP contribution < -0.4 is 5.32 Å². The van der Waals surface area contributed by atoms with Gasteiger partial charge < -0.3 is 10.1 Å². The lowest BCUT2D eigenvalue weighted by molar-refractivity contribution is 0.210. The average molecular weight is 354 g/mol. The number of ether oxygens (including phenoxy) is 1. The zero-order valence-electron chi connectivity index (χ0n) is 14.6. The molecule has 130 valence electrons. The molecule has 1 aliphatic carbocycles. The molecule has 1 aliphatic rings. The molecule has 3 aromatic heterocycles. The van der Waals surface area contributed by atoms with Gasteiger partial charge in [-0.15, -0.1) is 11.3 Å². The van der Waals surface area contributed by atoms with Crippen molar-refractivity contribution in [2.24, 2.45) is 5.92 Å². The molecule has 6 heteroatoms. The van der Waals surface area contributed by atoms with E-state index in [4.69, 9.17) is 14.7 Å². The summed E-state index contributed by atoms with van der Waals surface area (Å²) in [6.45, 7) is 3.71. The van der Waals surface area contributed by atoms with E-state index >= 15 is 0 Å². The zero-order valence-corrected chi connectivity index (χ0v) is 15.4. The van der Waals surface area contributed by atoms with Crippen LogP contribution in [0.25, 0.3) is 21.6 Å². The topological polar surface area (TPSA) is 59.9 Å². The molecule has 0 unspecified atom stereocenters. The number of aromatic nitrogens is 3. The molecule has 3 heterocycles. The molecule has 1 N–H and O–H groups in total. The lowest BCUT2D eigenvalue weighted by atomic mass is 9.89. The third kappa shape index (κ3) is 3.24. The van der Waals surface area contributed by atoms with E-state index in [0.717, 1.165) is 47.3 Å². The molecule has 0 aliphatic heterocycles. The summed E-state index contributed by atoms with van der Waals surface area (Å²) in [5, 5.41) is 4.66. The van der Waals surface area contributed by atoms with Crippen LogP contribution in [0.4, 0.5) is 5.82 Å². The number of rotatable bonds is 5. The Balaban J connectivity index is 1.84. The summed E-state index contributed by atoms with van der Waals surface area (Å²) in [4.78, 5) is 16.4. The van der Waals surface area contributed by atoms with Crippen LogP contribution in [0.3, 0.4) is 0 Å². The Morgan fingerprint density at radius 3 is 3.08 bits per heavy atom.